The number of rotatable bonds is 6. The normalized spacial score (nSPS) is 35.5. The standard InChI is InChI=1S/C22H27F2NO2.C20H27F3O/c1-15-13-19(4-3-18(15)14-25)27-20(26)22(24)11-7-17(8-12-22)16-5-9-21(2,23)10-6-16;1-19(22)9-5-14(6-10-19)15-7-11-20(23,12-8-15)16-3-4-18(24-2)17(21)13-16/h3-4,13,16-17H,5-12H2,1-2H3;3-4,13-15H,5-12H2,1-2H3. The Hall–Kier alpha value is -3.15. The van der Waals surface area contributed by atoms with Crippen molar-refractivity contribution in [3.05, 3.63) is 58.9 Å². The van der Waals surface area contributed by atoms with Gasteiger partial charge in [0.2, 0.25) is 5.67 Å². The van der Waals surface area contributed by atoms with Crippen LogP contribution in [-0.2, 0) is 10.5 Å². The second-order valence-corrected chi connectivity index (χ2v) is 16.4. The van der Waals surface area contributed by atoms with E-state index < -0.39 is 34.5 Å². The van der Waals surface area contributed by atoms with Crippen LogP contribution in [0.2, 0.25) is 0 Å². The summed E-state index contributed by atoms with van der Waals surface area (Å²) in [5, 5.41) is 8.96. The lowest BCUT2D eigenvalue weighted by Gasteiger charge is -2.41. The van der Waals surface area contributed by atoms with Crippen LogP contribution in [0.3, 0.4) is 0 Å². The minimum Gasteiger partial charge on any atom is -0.494 e. The van der Waals surface area contributed by atoms with Gasteiger partial charge in [0.15, 0.2) is 11.6 Å². The number of nitriles is 1. The summed E-state index contributed by atoms with van der Waals surface area (Å²) in [7, 11) is 1.40. The van der Waals surface area contributed by atoms with Crippen molar-refractivity contribution >= 4 is 5.97 Å². The van der Waals surface area contributed by atoms with Crippen LogP contribution in [0.5, 0.6) is 11.5 Å². The van der Waals surface area contributed by atoms with E-state index in [9.17, 15) is 18.0 Å². The molecule has 0 unspecified atom stereocenters. The second-order valence-electron chi connectivity index (χ2n) is 16.4. The molecule has 4 aliphatic rings. The fraction of sp³-hybridized carbons (Fsp3) is 0.667. The van der Waals surface area contributed by atoms with Crippen molar-refractivity contribution in [3.8, 4) is 17.6 Å². The third-order valence-electron chi connectivity index (χ3n) is 12.7. The molecule has 0 heterocycles. The van der Waals surface area contributed by atoms with Crippen LogP contribution in [0, 0.1) is 47.7 Å². The van der Waals surface area contributed by atoms with E-state index in [-0.39, 0.29) is 24.3 Å². The van der Waals surface area contributed by atoms with E-state index >= 15 is 8.78 Å². The Labute approximate surface area is 300 Å². The van der Waals surface area contributed by atoms with Crippen LogP contribution < -0.4 is 9.47 Å². The lowest BCUT2D eigenvalue weighted by atomic mass is 9.67. The van der Waals surface area contributed by atoms with E-state index in [1.54, 1.807) is 39.0 Å². The molecule has 0 amide bonds. The van der Waals surface area contributed by atoms with Crippen molar-refractivity contribution in [1.29, 1.82) is 5.26 Å². The Morgan fingerprint density at radius 3 is 1.63 bits per heavy atom. The SMILES string of the molecule is COc1ccc(C2(F)CCC(C3CCC(C)(F)CC3)CC2)cc1F.Cc1cc(OC(=O)C2(F)CCC(C3CCC(C)(F)CC3)CC2)ccc1C#N. The summed E-state index contributed by atoms with van der Waals surface area (Å²) in [6.07, 6.45) is 10.00. The second kappa shape index (κ2) is 15.8. The maximum atomic E-state index is 15.3. The molecule has 280 valence electrons. The first-order chi connectivity index (χ1) is 24.1. The Morgan fingerprint density at radius 1 is 0.725 bits per heavy atom. The van der Waals surface area contributed by atoms with Gasteiger partial charge >= 0.3 is 5.97 Å². The summed E-state index contributed by atoms with van der Waals surface area (Å²) < 4.78 is 82.5. The van der Waals surface area contributed by atoms with Gasteiger partial charge in [0.1, 0.15) is 22.8 Å². The topological polar surface area (TPSA) is 59.3 Å². The largest absolute Gasteiger partial charge is 0.494 e. The average Bonchev–Trinajstić information content (AvgIpc) is 3.09. The fourth-order valence-electron chi connectivity index (χ4n) is 9.03. The van der Waals surface area contributed by atoms with Gasteiger partial charge in [-0.25, -0.2) is 26.7 Å². The Balaban J connectivity index is 0.000000199. The summed E-state index contributed by atoms with van der Waals surface area (Å²) in [6, 6.07) is 11.1. The Morgan fingerprint density at radius 2 is 1.20 bits per heavy atom. The van der Waals surface area contributed by atoms with Gasteiger partial charge in [-0.1, -0.05) is 6.07 Å². The minimum atomic E-state index is -1.96. The van der Waals surface area contributed by atoms with E-state index in [2.05, 4.69) is 0 Å². The molecule has 2 aromatic carbocycles. The van der Waals surface area contributed by atoms with Crippen molar-refractivity contribution in [3.63, 3.8) is 0 Å². The molecule has 9 heteroatoms. The van der Waals surface area contributed by atoms with Crippen LogP contribution in [-0.4, -0.2) is 30.1 Å². The van der Waals surface area contributed by atoms with E-state index in [4.69, 9.17) is 14.7 Å². The van der Waals surface area contributed by atoms with Gasteiger partial charge in [-0.2, -0.15) is 5.26 Å². The molecule has 4 nitrogen and oxygen atoms in total. The van der Waals surface area contributed by atoms with Crippen molar-refractivity contribution in [2.75, 3.05) is 7.11 Å². The summed E-state index contributed by atoms with van der Waals surface area (Å²) in [6.45, 7) is 5.10. The summed E-state index contributed by atoms with van der Waals surface area (Å²) in [4.78, 5) is 12.4. The van der Waals surface area contributed by atoms with E-state index in [1.165, 1.54) is 25.3 Å². The van der Waals surface area contributed by atoms with Gasteiger partial charge in [0.05, 0.1) is 18.7 Å². The molecule has 0 saturated heterocycles. The molecule has 4 fully saturated rings. The molecule has 4 saturated carbocycles. The zero-order chi connectivity index (χ0) is 37.0. The molecule has 51 heavy (non-hydrogen) atoms. The molecule has 6 rings (SSSR count). The number of carbonyl (C=O) groups excluding carboxylic acids is 1. The molecule has 0 atom stereocenters. The van der Waals surface area contributed by atoms with Crippen LogP contribution in [0.15, 0.2) is 36.4 Å². The number of alkyl halides is 4. The number of halogens is 5. The highest BCUT2D eigenvalue weighted by atomic mass is 19.2. The van der Waals surface area contributed by atoms with Crippen molar-refractivity contribution in [2.24, 2.45) is 23.7 Å². The average molecular weight is 716 g/mol. The zero-order valence-electron chi connectivity index (χ0n) is 30.6. The Bertz CT molecular complexity index is 1530. The third kappa shape index (κ3) is 9.64. The summed E-state index contributed by atoms with van der Waals surface area (Å²) in [5.74, 6) is 0.871. The van der Waals surface area contributed by atoms with E-state index in [1.807, 2.05) is 6.07 Å². The smallest absolute Gasteiger partial charge is 0.349 e. The lowest BCUT2D eigenvalue weighted by Crippen LogP contribution is -2.42. The molecule has 0 aromatic heterocycles. The number of hydrogen-bond acceptors (Lipinski definition) is 4. The van der Waals surface area contributed by atoms with Crippen molar-refractivity contribution in [2.45, 2.75) is 146 Å². The number of aryl methyl sites for hydroxylation is 1. The molecule has 0 radical (unpaired) electrons. The molecule has 2 aromatic rings. The predicted octanol–water partition coefficient (Wildman–Crippen LogP) is 11.7. The van der Waals surface area contributed by atoms with Gasteiger partial charge < -0.3 is 9.47 Å². The minimum absolute atomic E-state index is 0.146. The van der Waals surface area contributed by atoms with Crippen molar-refractivity contribution in [1.82, 2.24) is 0 Å². The highest BCUT2D eigenvalue weighted by Crippen LogP contribution is 2.49. The Kier molecular flexibility index (Phi) is 12.1. The molecule has 0 N–H and O–H groups in total. The number of nitrogens with zero attached hydrogens (tertiary/aromatic N) is 1. The number of hydrogen-bond donors (Lipinski definition) is 0. The van der Waals surface area contributed by atoms with Crippen molar-refractivity contribution < 1.29 is 36.2 Å². The molecular formula is C42H54F5NO3. The van der Waals surface area contributed by atoms with Crippen LogP contribution >= 0.6 is 0 Å². The summed E-state index contributed by atoms with van der Waals surface area (Å²) >= 11 is 0. The number of carbonyl (C=O) groups is 1. The van der Waals surface area contributed by atoms with Crippen LogP contribution in [0.4, 0.5) is 22.0 Å². The highest BCUT2D eigenvalue weighted by molar-refractivity contribution is 5.81. The molecule has 0 spiro atoms. The van der Waals surface area contributed by atoms with Crippen LogP contribution in [0.1, 0.15) is 133 Å². The molecule has 0 aliphatic heterocycles. The number of esters is 1. The quantitative estimate of drug-likeness (QED) is 0.170. The first-order valence-electron chi connectivity index (χ1n) is 18.9. The molecule has 0 bridgehead atoms. The first-order valence-corrected chi connectivity index (χ1v) is 18.9. The van der Waals surface area contributed by atoms with Gasteiger partial charge in [-0.05, 0) is 189 Å². The van der Waals surface area contributed by atoms with E-state index in [0.717, 1.165) is 38.5 Å². The number of ether oxygens (including phenoxy) is 2. The summed E-state index contributed by atoms with van der Waals surface area (Å²) in [5.41, 5.74) is -3.87. The van der Waals surface area contributed by atoms with Gasteiger partial charge in [-0.3, -0.25) is 0 Å². The fourth-order valence-corrected chi connectivity index (χ4v) is 9.03. The lowest BCUT2D eigenvalue weighted by molar-refractivity contribution is -0.151. The monoisotopic (exact) mass is 715 g/mol. The highest BCUT2D eigenvalue weighted by Gasteiger charge is 2.46. The van der Waals surface area contributed by atoms with E-state index in [0.29, 0.717) is 91.7 Å². The predicted molar refractivity (Wildman–Crippen MR) is 188 cm³/mol. The number of benzene rings is 2. The third-order valence-corrected chi connectivity index (χ3v) is 12.7. The molecule has 4 aliphatic carbocycles. The number of methoxy groups -OCH3 is 1. The van der Waals surface area contributed by atoms with Gasteiger partial charge in [-0.15, -0.1) is 0 Å². The maximum Gasteiger partial charge on any atom is 0.349 e. The maximum absolute atomic E-state index is 15.3. The van der Waals surface area contributed by atoms with Gasteiger partial charge in [0, 0.05) is 0 Å². The van der Waals surface area contributed by atoms with Gasteiger partial charge in [0.25, 0.3) is 0 Å². The zero-order valence-corrected chi connectivity index (χ0v) is 30.6. The first kappa shape index (κ1) is 39.1. The van der Waals surface area contributed by atoms with Crippen LogP contribution in [0.25, 0.3) is 0 Å². The molecular weight excluding hydrogens is 661 g/mol.